The van der Waals surface area contributed by atoms with Gasteiger partial charge in [0.2, 0.25) is 0 Å². The first-order chi connectivity index (χ1) is 7.64. The highest BCUT2D eigenvalue weighted by Crippen LogP contribution is 2.30. The van der Waals surface area contributed by atoms with Gasteiger partial charge in [-0.3, -0.25) is 0 Å². The van der Waals surface area contributed by atoms with E-state index in [-0.39, 0.29) is 11.5 Å². The molecule has 3 N–H and O–H groups in total. The molecule has 1 aromatic carbocycles. The number of hydrogen-bond donors (Lipinski definition) is 2. The summed E-state index contributed by atoms with van der Waals surface area (Å²) in [6.45, 7) is 12.5. The maximum absolute atomic E-state index is 9.63. The Balaban J connectivity index is 3.29. The van der Waals surface area contributed by atoms with Gasteiger partial charge in [-0.1, -0.05) is 32.9 Å². The summed E-state index contributed by atoms with van der Waals surface area (Å²) >= 11 is 0. The van der Waals surface area contributed by atoms with Gasteiger partial charge in [0.1, 0.15) is 0 Å². The Labute approximate surface area is 105 Å². The summed E-state index contributed by atoms with van der Waals surface area (Å²) in [5, 5.41) is 9.63. The van der Waals surface area contributed by atoms with Crippen molar-refractivity contribution in [1.29, 1.82) is 0 Å². The first kappa shape index (κ1) is 14.2. The number of hydrogen-bond acceptors (Lipinski definition) is 2. The lowest BCUT2D eigenvalue weighted by atomic mass is 9.82. The normalized spacial score (nSPS) is 15.8. The zero-order valence-electron chi connectivity index (χ0n) is 11.8. The molecular weight excluding hydrogens is 210 g/mol. The summed E-state index contributed by atoms with van der Waals surface area (Å²) in [6.07, 6.45) is -0.520. The van der Waals surface area contributed by atoms with Crippen LogP contribution < -0.4 is 5.73 Å². The molecule has 0 fully saturated rings. The van der Waals surface area contributed by atoms with Crippen molar-refractivity contribution >= 4 is 0 Å². The SMILES string of the molecule is Cc1cc(C(C)(C)C)cc(C)c1C(N)C(C)O. The van der Waals surface area contributed by atoms with Crippen LogP contribution in [0.3, 0.4) is 0 Å². The minimum Gasteiger partial charge on any atom is -0.391 e. The number of rotatable bonds is 2. The molecule has 0 amide bonds. The van der Waals surface area contributed by atoms with Gasteiger partial charge in [-0.25, -0.2) is 0 Å². The third kappa shape index (κ3) is 3.08. The Morgan fingerprint density at radius 1 is 1.12 bits per heavy atom. The molecule has 1 aromatic rings. The van der Waals surface area contributed by atoms with Crippen LogP contribution in [-0.4, -0.2) is 11.2 Å². The van der Waals surface area contributed by atoms with E-state index in [2.05, 4.69) is 46.8 Å². The lowest BCUT2D eigenvalue weighted by Gasteiger charge is -2.25. The summed E-state index contributed by atoms with van der Waals surface area (Å²) in [5.41, 5.74) is 10.9. The smallest absolute Gasteiger partial charge is 0.0704 e. The Bertz CT molecular complexity index is 379. The summed E-state index contributed by atoms with van der Waals surface area (Å²) in [7, 11) is 0. The number of benzene rings is 1. The highest BCUT2D eigenvalue weighted by Gasteiger charge is 2.20. The second kappa shape index (κ2) is 4.79. The van der Waals surface area contributed by atoms with Crippen LogP contribution >= 0.6 is 0 Å². The largest absolute Gasteiger partial charge is 0.391 e. The summed E-state index contributed by atoms with van der Waals surface area (Å²) < 4.78 is 0. The van der Waals surface area contributed by atoms with Crippen molar-refractivity contribution in [2.24, 2.45) is 5.73 Å². The van der Waals surface area contributed by atoms with Crippen LogP contribution in [0, 0.1) is 13.8 Å². The number of nitrogens with two attached hydrogens (primary N) is 1. The van der Waals surface area contributed by atoms with E-state index in [0.29, 0.717) is 0 Å². The van der Waals surface area contributed by atoms with E-state index in [4.69, 9.17) is 5.73 Å². The van der Waals surface area contributed by atoms with Crippen LogP contribution in [0.1, 0.15) is 56.0 Å². The molecule has 1 rings (SSSR count). The lowest BCUT2D eigenvalue weighted by molar-refractivity contribution is 0.163. The van der Waals surface area contributed by atoms with Gasteiger partial charge in [0.15, 0.2) is 0 Å². The topological polar surface area (TPSA) is 46.2 Å². The predicted octanol–water partition coefficient (Wildman–Crippen LogP) is 2.98. The lowest BCUT2D eigenvalue weighted by Crippen LogP contribution is -2.25. The first-order valence-electron chi connectivity index (χ1n) is 6.20. The van der Waals surface area contributed by atoms with Gasteiger partial charge < -0.3 is 10.8 Å². The van der Waals surface area contributed by atoms with E-state index in [1.165, 1.54) is 16.7 Å². The monoisotopic (exact) mass is 235 g/mol. The van der Waals surface area contributed by atoms with E-state index in [1.807, 2.05) is 0 Å². The molecule has 0 aliphatic rings. The quantitative estimate of drug-likeness (QED) is 0.828. The molecule has 2 unspecified atom stereocenters. The molecule has 0 radical (unpaired) electrons. The van der Waals surface area contributed by atoms with E-state index < -0.39 is 6.10 Å². The molecule has 2 heteroatoms. The van der Waals surface area contributed by atoms with Crippen molar-refractivity contribution in [3.63, 3.8) is 0 Å². The van der Waals surface area contributed by atoms with Gasteiger partial charge in [0.05, 0.1) is 12.1 Å². The second-order valence-corrected chi connectivity index (χ2v) is 6.04. The molecule has 0 aromatic heterocycles. The van der Waals surface area contributed by atoms with Crippen molar-refractivity contribution in [2.75, 3.05) is 0 Å². The highest BCUT2D eigenvalue weighted by atomic mass is 16.3. The van der Waals surface area contributed by atoms with E-state index in [0.717, 1.165) is 5.56 Å². The minimum atomic E-state index is -0.520. The van der Waals surface area contributed by atoms with Gasteiger partial charge in [-0.2, -0.15) is 0 Å². The molecule has 2 nitrogen and oxygen atoms in total. The van der Waals surface area contributed by atoms with Crippen LogP contribution in [0.5, 0.6) is 0 Å². The molecule has 0 saturated heterocycles. The van der Waals surface area contributed by atoms with Crippen LogP contribution in [-0.2, 0) is 5.41 Å². The van der Waals surface area contributed by atoms with Gasteiger partial charge in [0, 0.05) is 0 Å². The van der Waals surface area contributed by atoms with Gasteiger partial charge in [0.25, 0.3) is 0 Å². The fraction of sp³-hybridized carbons (Fsp3) is 0.600. The first-order valence-corrected chi connectivity index (χ1v) is 6.20. The van der Waals surface area contributed by atoms with E-state index >= 15 is 0 Å². The van der Waals surface area contributed by atoms with Crippen LogP contribution in [0.15, 0.2) is 12.1 Å². The van der Waals surface area contributed by atoms with E-state index in [1.54, 1.807) is 6.92 Å². The standard InChI is InChI=1S/C15H25NO/c1-9-7-12(15(4,5)6)8-10(2)13(9)14(16)11(3)17/h7-8,11,14,17H,16H2,1-6H3. The van der Waals surface area contributed by atoms with Crippen molar-refractivity contribution in [3.05, 3.63) is 34.4 Å². The van der Waals surface area contributed by atoms with Gasteiger partial charge in [-0.15, -0.1) is 0 Å². The molecule has 0 aliphatic carbocycles. The molecule has 0 saturated carbocycles. The van der Waals surface area contributed by atoms with Crippen LogP contribution in [0.2, 0.25) is 0 Å². The Kier molecular flexibility index (Phi) is 4.00. The average Bonchev–Trinajstić information content (AvgIpc) is 2.14. The third-order valence-corrected chi connectivity index (χ3v) is 3.31. The molecule has 0 bridgehead atoms. The van der Waals surface area contributed by atoms with Crippen molar-refractivity contribution in [2.45, 2.75) is 59.1 Å². The molecule has 0 heterocycles. The van der Waals surface area contributed by atoms with Crippen molar-refractivity contribution < 1.29 is 5.11 Å². The average molecular weight is 235 g/mol. The predicted molar refractivity (Wildman–Crippen MR) is 73.2 cm³/mol. The fourth-order valence-corrected chi connectivity index (χ4v) is 2.17. The molecular formula is C15H25NO. The van der Waals surface area contributed by atoms with Gasteiger partial charge in [-0.05, 0) is 48.4 Å². The number of aliphatic hydroxyl groups excluding tert-OH is 1. The number of aryl methyl sites for hydroxylation is 2. The number of aliphatic hydroxyl groups is 1. The molecule has 96 valence electrons. The zero-order valence-corrected chi connectivity index (χ0v) is 11.8. The fourth-order valence-electron chi connectivity index (χ4n) is 2.17. The van der Waals surface area contributed by atoms with Crippen molar-refractivity contribution in [3.8, 4) is 0 Å². The zero-order chi connectivity index (χ0) is 13.4. The maximum atomic E-state index is 9.63. The molecule has 0 aliphatic heterocycles. The van der Waals surface area contributed by atoms with Crippen LogP contribution in [0.4, 0.5) is 0 Å². The molecule has 17 heavy (non-hydrogen) atoms. The second-order valence-electron chi connectivity index (χ2n) is 6.04. The summed E-state index contributed by atoms with van der Waals surface area (Å²) in [5.74, 6) is 0. The summed E-state index contributed by atoms with van der Waals surface area (Å²) in [4.78, 5) is 0. The molecule has 2 atom stereocenters. The Hall–Kier alpha value is -0.860. The van der Waals surface area contributed by atoms with Gasteiger partial charge >= 0.3 is 0 Å². The van der Waals surface area contributed by atoms with E-state index in [9.17, 15) is 5.11 Å². The molecule has 0 spiro atoms. The van der Waals surface area contributed by atoms with Crippen LogP contribution in [0.25, 0.3) is 0 Å². The minimum absolute atomic E-state index is 0.142. The highest BCUT2D eigenvalue weighted by molar-refractivity contribution is 5.42. The van der Waals surface area contributed by atoms with Crippen molar-refractivity contribution in [1.82, 2.24) is 0 Å². The Morgan fingerprint density at radius 3 is 1.82 bits per heavy atom. The summed E-state index contributed by atoms with van der Waals surface area (Å²) in [6, 6.07) is 4.07. The maximum Gasteiger partial charge on any atom is 0.0704 e. The Morgan fingerprint density at radius 2 is 1.53 bits per heavy atom. The third-order valence-electron chi connectivity index (χ3n) is 3.31.